The molecule has 244 valence electrons. The number of methoxy groups -OCH3 is 1. The third-order valence-electron chi connectivity index (χ3n) is 8.20. The van der Waals surface area contributed by atoms with Gasteiger partial charge in [-0.2, -0.15) is 8.78 Å². The Morgan fingerprint density at radius 3 is 2.42 bits per heavy atom. The second kappa shape index (κ2) is 16.3. The Hall–Kier alpha value is -3.38. The first-order valence-corrected chi connectivity index (χ1v) is 16.3. The molecule has 2 fully saturated rings. The summed E-state index contributed by atoms with van der Waals surface area (Å²) in [4.78, 5) is 51.4. The van der Waals surface area contributed by atoms with Crippen LogP contribution in [0.4, 0.5) is 13.6 Å². The van der Waals surface area contributed by atoms with Crippen molar-refractivity contribution < 1.29 is 37.4 Å². The summed E-state index contributed by atoms with van der Waals surface area (Å²) in [6.07, 6.45) is 2.75. The van der Waals surface area contributed by atoms with Crippen molar-refractivity contribution in [3.8, 4) is 0 Å². The molecule has 0 radical (unpaired) electrons. The third kappa shape index (κ3) is 9.56. The number of hydrogen-bond acceptors (Lipinski definition) is 7. The first-order chi connectivity index (χ1) is 21.6. The molecule has 0 bridgehead atoms. The number of nitrogens with one attached hydrogen (secondary N) is 3. The van der Waals surface area contributed by atoms with Crippen molar-refractivity contribution in [2.24, 2.45) is 11.8 Å². The van der Waals surface area contributed by atoms with Gasteiger partial charge in [0.1, 0.15) is 11.3 Å². The molecule has 4 atom stereocenters. The highest BCUT2D eigenvalue weighted by atomic mass is 35.5. The highest BCUT2D eigenvalue weighted by molar-refractivity contribution is 7.99. The summed E-state index contributed by atoms with van der Waals surface area (Å²) in [7, 11) is 1.20. The molecule has 1 aliphatic heterocycles. The van der Waals surface area contributed by atoms with Crippen LogP contribution in [0.2, 0.25) is 5.02 Å². The van der Waals surface area contributed by atoms with Crippen molar-refractivity contribution in [3.05, 3.63) is 70.7 Å². The second-order valence-electron chi connectivity index (χ2n) is 11.4. The van der Waals surface area contributed by atoms with E-state index in [1.807, 2.05) is 0 Å². The fourth-order valence-electron chi connectivity index (χ4n) is 5.79. The second-order valence-corrected chi connectivity index (χ2v) is 12.8. The SMILES string of the molecule is COC(=O)[C@H](C[C@@H]1CCNC1=O)NC(=O)[C@H](CC1CCCCC1)SNC(=O)OC(c1ccccc1)C(F)(F)c1cccc(Cl)c1. The molecule has 3 N–H and O–H groups in total. The van der Waals surface area contributed by atoms with Gasteiger partial charge in [-0.25, -0.2) is 9.59 Å². The summed E-state index contributed by atoms with van der Waals surface area (Å²) < 4.78 is 44.3. The fourth-order valence-corrected chi connectivity index (χ4v) is 6.81. The van der Waals surface area contributed by atoms with E-state index < -0.39 is 52.8 Å². The zero-order valence-electron chi connectivity index (χ0n) is 24.9. The first-order valence-electron chi connectivity index (χ1n) is 15.1. The fraction of sp³-hybridized carbons (Fsp3) is 0.500. The van der Waals surface area contributed by atoms with Crippen molar-refractivity contribution in [1.82, 2.24) is 15.4 Å². The molecule has 0 aromatic heterocycles. The molecule has 0 spiro atoms. The molecule has 3 amide bonds. The maximum absolute atomic E-state index is 15.8. The maximum atomic E-state index is 15.8. The highest BCUT2D eigenvalue weighted by Gasteiger charge is 2.46. The molecule has 2 aromatic carbocycles. The number of hydrogen-bond donors (Lipinski definition) is 3. The Morgan fingerprint density at radius 2 is 1.78 bits per heavy atom. The summed E-state index contributed by atoms with van der Waals surface area (Å²) in [6.45, 7) is 0.484. The van der Waals surface area contributed by atoms with Crippen LogP contribution in [0.1, 0.15) is 68.6 Å². The largest absolute Gasteiger partial charge is 0.467 e. The molecule has 9 nitrogen and oxygen atoms in total. The van der Waals surface area contributed by atoms with E-state index >= 15 is 8.78 Å². The summed E-state index contributed by atoms with van der Waals surface area (Å²) >= 11 is 6.73. The topological polar surface area (TPSA) is 123 Å². The van der Waals surface area contributed by atoms with Crippen LogP contribution in [0, 0.1) is 11.8 Å². The van der Waals surface area contributed by atoms with Gasteiger partial charge in [-0.05, 0) is 54.8 Å². The quantitative estimate of drug-likeness (QED) is 0.175. The van der Waals surface area contributed by atoms with Crippen molar-refractivity contribution in [1.29, 1.82) is 0 Å². The number of carbonyl (C=O) groups is 4. The Bertz CT molecular complexity index is 1330. The lowest BCUT2D eigenvalue weighted by Crippen LogP contribution is -2.47. The molecule has 4 rings (SSSR count). The number of amides is 3. The lowest BCUT2D eigenvalue weighted by atomic mass is 9.86. The van der Waals surface area contributed by atoms with E-state index in [-0.39, 0.29) is 28.8 Å². The Kier molecular flexibility index (Phi) is 12.5. The van der Waals surface area contributed by atoms with Gasteiger partial charge < -0.3 is 20.1 Å². The van der Waals surface area contributed by atoms with Gasteiger partial charge in [-0.1, -0.05) is 86.2 Å². The zero-order valence-corrected chi connectivity index (χ0v) is 26.5. The van der Waals surface area contributed by atoms with Crippen molar-refractivity contribution in [2.75, 3.05) is 13.7 Å². The number of rotatable bonds is 13. The van der Waals surface area contributed by atoms with E-state index in [0.717, 1.165) is 50.1 Å². The molecule has 1 unspecified atom stereocenters. The highest BCUT2D eigenvalue weighted by Crippen LogP contribution is 2.43. The monoisotopic (exact) mass is 665 g/mol. The minimum Gasteiger partial charge on any atom is -0.467 e. The van der Waals surface area contributed by atoms with Crippen LogP contribution in [0.25, 0.3) is 0 Å². The summed E-state index contributed by atoms with van der Waals surface area (Å²) in [5.41, 5.74) is -0.361. The standard InChI is InChI=1S/C32H38ClF2N3O6S/c1-43-30(41)25(18-22-15-16-36-28(22)39)37-29(40)26(17-20-9-4-2-5-10-20)45-38-31(42)44-27(21-11-6-3-7-12-21)32(34,35)23-13-8-14-24(33)19-23/h3,6-8,11-14,19-20,22,25-27H,2,4-5,9-10,15-18H2,1H3,(H,36,39)(H,37,40)(H,38,42)/t22-,25-,26-,27?/m0/s1. The number of ether oxygens (including phenoxy) is 2. The lowest BCUT2D eigenvalue weighted by molar-refractivity contribution is -0.145. The molecule has 2 aliphatic rings. The Labute approximate surface area is 270 Å². The van der Waals surface area contributed by atoms with Crippen molar-refractivity contribution >= 4 is 47.4 Å². The minimum absolute atomic E-state index is 0.0657. The van der Waals surface area contributed by atoms with E-state index in [4.69, 9.17) is 21.1 Å². The number of carbonyl (C=O) groups excluding carboxylic acids is 4. The van der Waals surface area contributed by atoms with Gasteiger partial charge in [0.2, 0.25) is 11.8 Å². The van der Waals surface area contributed by atoms with Crippen molar-refractivity contribution in [2.45, 2.75) is 74.7 Å². The molecule has 1 saturated heterocycles. The van der Waals surface area contributed by atoms with E-state index in [2.05, 4.69) is 15.4 Å². The average Bonchev–Trinajstić information content (AvgIpc) is 3.45. The van der Waals surface area contributed by atoms with Gasteiger partial charge in [0.25, 0.3) is 0 Å². The summed E-state index contributed by atoms with van der Waals surface area (Å²) in [5, 5.41) is 4.66. The summed E-state index contributed by atoms with van der Waals surface area (Å²) in [5.74, 6) is -5.33. The molecule has 13 heteroatoms. The summed E-state index contributed by atoms with van der Waals surface area (Å²) in [6, 6.07) is 11.7. The van der Waals surface area contributed by atoms with Crippen LogP contribution in [-0.2, 0) is 29.8 Å². The van der Waals surface area contributed by atoms with E-state index in [1.165, 1.54) is 37.4 Å². The predicted octanol–water partition coefficient (Wildman–Crippen LogP) is 6.07. The third-order valence-corrected chi connectivity index (χ3v) is 9.41. The number of benzene rings is 2. The van der Waals surface area contributed by atoms with Gasteiger partial charge >= 0.3 is 18.0 Å². The average molecular weight is 666 g/mol. The molecular formula is C32H38ClF2N3O6S. The van der Waals surface area contributed by atoms with Gasteiger partial charge in [0, 0.05) is 23.0 Å². The lowest BCUT2D eigenvalue weighted by Gasteiger charge is -2.29. The molecular weight excluding hydrogens is 628 g/mol. The van der Waals surface area contributed by atoms with Gasteiger partial charge in [0.05, 0.1) is 7.11 Å². The van der Waals surface area contributed by atoms with Crippen molar-refractivity contribution in [3.63, 3.8) is 0 Å². The van der Waals surface area contributed by atoms with Crippen LogP contribution >= 0.6 is 23.5 Å². The molecule has 2 aromatic rings. The Morgan fingerprint density at radius 1 is 1.04 bits per heavy atom. The predicted molar refractivity (Wildman–Crippen MR) is 166 cm³/mol. The molecule has 1 heterocycles. The van der Waals surface area contributed by atoms with Crippen LogP contribution in [-0.4, -0.2) is 48.8 Å². The van der Waals surface area contributed by atoms with Crippen LogP contribution < -0.4 is 15.4 Å². The number of esters is 1. The van der Waals surface area contributed by atoms with Crippen LogP contribution in [0.5, 0.6) is 0 Å². The smallest absolute Gasteiger partial charge is 0.418 e. The van der Waals surface area contributed by atoms with E-state index in [9.17, 15) is 19.2 Å². The van der Waals surface area contributed by atoms with E-state index in [1.54, 1.807) is 18.2 Å². The molecule has 1 aliphatic carbocycles. The van der Waals surface area contributed by atoms with Gasteiger partial charge in [0.15, 0.2) is 6.10 Å². The minimum atomic E-state index is -3.65. The maximum Gasteiger partial charge on any atom is 0.418 e. The van der Waals surface area contributed by atoms with Crippen LogP contribution in [0.15, 0.2) is 54.6 Å². The zero-order chi connectivity index (χ0) is 32.4. The van der Waals surface area contributed by atoms with E-state index in [0.29, 0.717) is 19.4 Å². The Balaban J connectivity index is 1.49. The first kappa shape index (κ1) is 34.5. The van der Waals surface area contributed by atoms with Crippen LogP contribution in [0.3, 0.4) is 0 Å². The molecule has 45 heavy (non-hydrogen) atoms. The molecule has 1 saturated carbocycles. The normalized spacial score (nSPS) is 19.1. The number of alkyl halides is 2. The van der Waals surface area contributed by atoms with Gasteiger partial charge in [-0.15, -0.1) is 0 Å². The number of halogens is 3. The van der Waals surface area contributed by atoms with Gasteiger partial charge in [-0.3, -0.25) is 14.3 Å².